The quantitative estimate of drug-likeness (QED) is 0.646. The maximum Gasteiger partial charge on any atom is 0.231 e. The van der Waals surface area contributed by atoms with Gasteiger partial charge in [0.1, 0.15) is 12.4 Å². The van der Waals surface area contributed by atoms with Crippen LogP contribution in [0.15, 0.2) is 54.6 Å². The third-order valence-electron chi connectivity index (χ3n) is 4.42. The molecule has 2 aromatic carbocycles. The van der Waals surface area contributed by atoms with Crippen molar-refractivity contribution in [3.8, 4) is 5.75 Å². The van der Waals surface area contributed by atoms with Gasteiger partial charge in [0.25, 0.3) is 0 Å². The molecule has 1 aromatic heterocycles. The van der Waals surface area contributed by atoms with Gasteiger partial charge < -0.3 is 15.0 Å². The number of nitrogens with zero attached hydrogens (tertiary/aromatic N) is 3. The summed E-state index contributed by atoms with van der Waals surface area (Å²) >= 11 is 7.25. The Bertz CT molecular complexity index is 1030. The van der Waals surface area contributed by atoms with Crippen molar-refractivity contribution in [1.82, 2.24) is 10.2 Å². The summed E-state index contributed by atoms with van der Waals surface area (Å²) < 4.78 is 5.63. The van der Waals surface area contributed by atoms with E-state index < -0.39 is 5.92 Å². The first-order valence-electron chi connectivity index (χ1n) is 8.95. The van der Waals surface area contributed by atoms with E-state index in [-0.39, 0.29) is 24.8 Å². The Labute approximate surface area is 176 Å². The summed E-state index contributed by atoms with van der Waals surface area (Å²) in [4.78, 5) is 26.5. The molecule has 1 N–H and O–H groups in total. The van der Waals surface area contributed by atoms with Crippen molar-refractivity contribution in [3.63, 3.8) is 0 Å². The fraction of sp³-hybridized carbons (Fsp3) is 0.200. The van der Waals surface area contributed by atoms with Crippen molar-refractivity contribution in [2.45, 2.75) is 13.0 Å². The zero-order valence-electron chi connectivity index (χ0n) is 15.2. The number of halogens is 1. The summed E-state index contributed by atoms with van der Waals surface area (Å²) in [6.07, 6.45) is 0.140. The van der Waals surface area contributed by atoms with Crippen molar-refractivity contribution >= 4 is 45.6 Å². The standard InChI is InChI=1S/C20H17ClN4O3S/c21-14-5-4-6-15(10-14)25-11-13(9-18(25)26)19(27)22-20-24-23-17(29-20)12-28-16-7-2-1-3-8-16/h1-8,10,13H,9,11-12H2,(H,22,24,27). The van der Waals surface area contributed by atoms with Crippen LogP contribution < -0.4 is 15.0 Å². The zero-order chi connectivity index (χ0) is 20.2. The predicted octanol–water partition coefficient (Wildman–Crippen LogP) is 3.76. The van der Waals surface area contributed by atoms with Gasteiger partial charge in [0, 0.05) is 23.7 Å². The minimum Gasteiger partial charge on any atom is -0.486 e. The molecule has 3 aromatic rings. The molecule has 0 saturated carbocycles. The Morgan fingerprint density at radius 2 is 2.03 bits per heavy atom. The molecule has 2 amide bonds. The van der Waals surface area contributed by atoms with Gasteiger partial charge in [0.15, 0.2) is 5.01 Å². The second-order valence-corrected chi connectivity index (χ2v) is 7.98. The molecule has 1 aliphatic heterocycles. The van der Waals surface area contributed by atoms with E-state index in [1.54, 1.807) is 29.2 Å². The molecular formula is C20H17ClN4O3S. The SMILES string of the molecule is O=C(Nc1nnc(COc2ccccc2)s1)C1CC(=O)N(c2cccc(Cl)c2)C1. The van der Waals surface area contributed by atoms with Gasteiger partial charge in [-0.25, -0.2) is 0 Å². The molecule has 2 heterocycles. The maximum atomic E-state index is 12.6. The Kier molecular flexibility index (Phi) is 5.73. The molecule has 7 nitrogen and oxygen atoms in total. The van der Waals surface area contributed by atoms with E-state index in [1.807, 2.05) is 30.3 Å². The third-order valence-corrected chi connectivity index (χ3v) is 5.47. The van der Waals surface area contributed by atoms with Crippen LogP contribution >= 0.6 is 22.9 Å². The fourth-order valence-electron chi connectivity index (χ4n) is 3.01. The average molecular weight is 429 g/mol. The van der Waals surface area contributed by atoms with Crippen LogP contribution in [0.2, 0.25) is 5.02 Å². The summed E-state index contributed by atoms with van der Waals surface area (Å²) in [5, 5.41) is 12.3. The van der Waals surface area contributed by atoms with Gasteiger partial charge in [-0.15, -0.1) is 10.2 Å². The molecule has 1 saturated heterocycles. The summed E-state index contributed by atoms with van der Waals surface area (Å²) in [5.74, 6) is -0.0931. The van der Waals surface area contributed by atoms with Gasteiger partial charge in [0.05, 0.1) is 5.92 Å². The predicted molar refractivity (Wildman–Crippen MR) is 111 cm³/mol. The van der Waals surface area contributed by atoms with Crippen LogP contribution in [-0.2, 0) is 16.2 Å². The van der Waals surface area contributed by atoms with Crippen molar-refractivity contribution in [2.75, 3.05) is 16.8 Å². The fourth-order valence-corrected chi connectivity index (χ4v) is 3.85. The lowest BCUT2D eigenvalue weighted by molar-refractivity contribution is -0.122. The highest BCUT2D eigenvalue weighted by molar-refractivity contribution is 7.15. The van der Waals surface area contributed by atoms with E-state index in [0.29, 0.717) is 27.4 Å². The number of amides is 2. The molecule has 1 atom stereocenters. The second-order valence-electron chi connectivity index (χ2n) is 6.48. The molecule has 1 aliphatic rings. The lowest BCUT2D eigenvalue weighted by Crippen LogP contribution is -2.28. The molecule has 9 heteroatoms. The van der Waals surface area contributed by atoms with E-state index >= 15 is 0 Å². The van der Waals surface area contributed by atoms with Crippen LogP contribution in [0.1, 0.15) is 11.4 Å². The van der Waals surface area contributed by atoms with Crippen LogP contribution in [0.5, 0.6) is 5.75 Å². The molecule has 1 fully saturated rings. The first-order chi connectivity index (χ1) is 14.1. The van der Waals surface area contributed by atoms with Gasteiger partial charge in [-0.05, 0) is 30.3 Å². The zero-order valence-corrected chi connectivity index (χ0v) is 16.8. The number of ether oxygens (including phenoxy) is 1. The number of rotatable bonds is 6. The van der Waals surface area contributed by atoms with Gasteiger partial charge in [-0.1, -0.05) is 47.2 Å². The summed E-state index contributed by atoms with van der Waals surface area (Å²) in [6, 6.07) is 16.4. The van der Waals surface area contributed by atoms with E-state index in [1.165, 1.54) is 11.3 Å². The highest BCUT2D eigenvalue weighted by Crippen LogP contribution is 2.28. The molecule has 0 radical (unpaired) electrons. The minimum absolute atomic E-state index is 0.110. The maximum absolute atomic E-state index is 12.6. The summed E-state index contributed by atoms with van der Waals surface area (Å²) in [7, 11) is 0. The number of benzene rings is 2. The normalized spacial score (nSPS) is 16.1. The number of hydrogen-bond donors (Lipinski definition) is 1. The van der Waals surface area contributed by atoms with Crippen molar-refractivity contribution in [3.05, 3.63) is 64.6 Å². The molecular weight excluding hydrogens is 412 g/mol. The first-order valence-corrected chi connectivity index (χ1v) is 10.1. The number of anilines is 2. The van der Waals surface area contributed by atoms with E-state index in [0.717, 1.165) is 5.75 Å². The number of carbonyl (C=O) groups excluding carboxylic acids is 2. The Morgan fingerprint density at radius 1 is 1.21 bits per heavy atom. The van der Waals surface area contributed by atoms with Crippen LogP contribution in [0.4, 0.5) is 10.8 Å². The van der Waals surface area contributed by atoms with E-state index in [4.69, 9.17) is 16.3 Å². The van der Waals surface area contributed by atoms with Crippen LogP contribution in [0.3, 0.4) is 0 Å². The molecule has 148 valence electrons. The minimum atomic E-state index is -0.464. The summed E-state index contributed by atoms with van der Waals surface area (Å²) in [6.45, 7) is 0.565. The number of aromatic nitrogens is 2. The van der Waals surface area contributed by atoms with E-state index in [9.17, 15) is 9.59 Å². The van der Waals surface area contributed by atoms with Gasteiger partial charge in [-0.3, -0.25) is 9.59 Å². The lowest BCUT2D eigenvalue weighted by Gasteiger charge is -2.16. The Morgan fingerprint density at radius 3 is 2.83 bits per heavy atom. The Balaban J connectivity index is 1.34. The molecule has 0 spiro atoms. The topological polar surface area (TPSA) is 84.4 Å². The molecule has 4 rings (SSSR count). The average Bonchev–Trinajstić information content (AvgIpc) is 3.33. The van der Waals surface area contributed by atoms with Crippen LogP contribution in [0.25, 0.3) is 0 Å². The van der Waals surface area contributed by atoms with Crippen LogP contribution in [0, 0.1) is 5.92 Å². The Hall–Kier alpha value is -2.97. The third kappa shape index (κ3) is 4.72. The molecule has 0 bridgehead atoms. The smallest absolute Gasteiger partial charge is 0.231 e. The van der Waals surface area contributed by atoms with E-state index in [2.05, 4.69) is 15.5 Å². The van der Waals surface area contributed by atoms with Crippen LogP contribution in [-0.4, -0.2) is 28.6 Å². The number of para-hydroxylation sites is 1. The lowest BCUT2D eigenvalue weighted by atomic mass is 10.1. The number of nitrogens with one attached hydrogen (secondary N) is 1. The van der Waals surface area contributed by atoms with Crippen molar-refractivity contribution < 1.29 is 14.3 Å². The van der Waals surface area contributed by atoms with Gasteiger partial charge >= 0.3 is 0 Å². The second kappa shape index (κ2) is 8.59. The van der Waals surface area contributed by atoms with Gasteiger partial charge in [-0.2, -0.15) is 0 Å². The highest BCUT2D eigenvalue weighted by atomic mass is 35.5. The number of hydrogen-bond acceptors (Lipinski definition) is 6. The molecule has 0 aliphatic carbocycles. The monoisotopic (exact) mass is 428 g/mol. The highest BCUT2D eigenvalue weighted by Gasteiger charge is 2.35. The van der Waals surface area contributed by atoms with Gasteiger partial charge in [0.2, 0.25) is 16.9 Å². The van der Waals surface area contributed by atoms with Crippen molar-refractivity contribution in [1.29, 1.82) is 0 Å². The van der Waals surface area contributed by atoms with Crippen molar-refractivity contribution in [2.24, 2.45) is 5.92 Å². The summed E-state index contributed by atoms with van der Waals surface area (Å²) in [5.41, 5.74) is 0.689. The number of carbonyl (C=O) groups is 2. The molecule has 1 unspecified atom stereocenters. The first kappa shape index (κ1) is 19.4. The largest absolute Gasteiger partial charge is 0.486 e. The molecule has 29 heavy (non-hydrogen) atoms.